The summed E-state index contributed by atoms with van der Waals surface area (Å²) < 4.78 is 35.3. The van der Waals surface area contributed by atoms with Crippen molar-refractivity contribution in [3.63, 3.8) is 0 Å². The second-order valence-electron chi connectivity index (χ2n) is 11.4. The van der Waals surface area contributed by atoms with E-state index in [0.29, 0.717) is 28.7 Å². The minimum Gasteiger partial charge on any atom is -0.466 e. The first-order valence-electron chi connectivity index (χ1n) is 14.1. The predicted molar refractivity (Wildman–Crippen MR) is 161 cm³/mol. The summed E-state index contributed by atoms with van der Waals surface area (Å²) in [6.45, 7) is 0. The number of anilines is 2. The van der Waals surface area contributed by atoms with Crippen LogP contribution >= 0.6 is 0 Å². The highest BCUT2D eigenvalue weighted by atomic mass is 19.1. The fraction of sp³-hybridized carbons (Fsp3) is 0.333. The van der Waals surface area contributed by atoms with E-state index >= 15 is 4.39 Å². The van der Waals surface area contributed by atoms with E-state index in [1.165, 1.54) is 37.5 Å². The molecule has 2 fully saturated rings. The average Bonchev–Trinajstić information content (AvgIpc) is 3.60. The molecule has 0 saturated heterocycles. The van der Waals surface area contributed by atoms with E-state index in [1.807, 2.05) is 49.3 Å². The van der Waals surface area contributed by atoms with E-state index in [2.05, 4.69) is 4.74 Å². The predicted octanol–water partition coefficient (Wildman–Crippen LogP) is 5.99. The molecule has 2 saturated carbocycles. The number of fused-ring (bicyclic) bond motifs is 2. The Labute approximate surface area is 241 Å². The standard InChI is InChI=1S/C33H35BF2N2O3/c1-37(2)26-10-7-22(8-11-26)23-9-12-28(30(36)18-23)32(34)38(33(40)29-17-20-4-6-24(29)14-20)27-16-21(15-25(35)19-27)5-13-31(39)41-3/h5,7-13,15-16,18-20,24,29,32H,4,6,14,17,34H2,1-3H3/b13-5+/t20-,24+,29?,32?/m0/s1. The number of halogens is 2. The van der Waals surface area contributed by atoms with Crippen LogP contribution < -0.4 is 9.80 Å². The number of hydrogen-bond acceptors (Lipinski definition) is 4. The number of carbonyl (C=O) groups excluding carboxylic acids is 2. The zero-order chi connectivity index (χ0) is 29.3. The van der Waals surface area contributed by atoms with Gasteiger partial charge in [-0.25, -0.2) is 13.6 Å². The van der Waals surface area contributed by atoms with Gasteiger partial charge >= 0.3 is 5.97 Å². The number of esters is 1. The third-order valence-corrected chi connectivity index (χ3v) is 8.64. The van der Waals surface area contributed by atoms with E-state index in [4.69, 9.17) is 0 Å². The number of carbonyl (C=O) groups is 2. The molecule has 0 aliphatic heterocycles. The molecule has 0 N–H and O–H groups in total. The van der Waals surface area contributed by atoms with Crippen LogP contribution in [0.25, 0.3) is 17.2 Å². The zero-order valence-corrected chi connectivity index (χ0v) is 23.9. The second-order valence-corrected chi connectivity index (χ2v) is 11.4. The zero-order valence-electron chi connectivity index (χ0n) is 23.9. The van der Waals surface area contributed by atoms with Crippen LogP contribution in [0.2, 0.25) is 0 Å². The third kappa shape index (κ3) is 6.07. The Bertz CT molecular complexity index is 1470. The van der Waals surface area contributed by atoms with Gasteiger partial charge in [0, 0.05) is 49.0 Å². The Morgan fingerprint density at radius 2 is 1.68 bits per heavy atom. The van der Waals surface area contributed by atoms with Gasteiger partial charge in [0.15, 0.2) is 0 Å². The Balaban J connectivity index is 1.51. The lowest BCUT2D eigenvalue weighted by Gasteiger charge is -2.35. The van der Waals surface area contributed by atoms with Gasteiger partial charge in [0.25, 0.3) is 0 Å². The molecule has 2 aliphatic rings. The summed E-state index contributed by atoms with van der Waals surface area (Å²) in [6, 6.07) is 17.2. The lowest BCUT2D eigenvalue weighted by molar-refractivity contribution is -0.134. The molecule has 0 heterocycles. The molecular weight excluding hydrogens is 521 g/mol. The average molecular weight is 556 g/mol. The SMILES string of the molecule is BC(c1ccc(-c2ccc(N(C)C)cc2)cc1F)N(C(=O)C1C[C@H]2CC[C@@H]1C2)c1cc(F)cc(/C=C/C(=O)OC)c1. The van der Waals surface area contributed by atoms with Gasteiger partial charge in [0.05, 0.1) is 7.11 Å². The highest BCUT2D eigenvalue weighted by Crippen LogP contribution is 2.50. The van der Waals surface area contributed by atoms with Gasteiger partial charge in [0.1, 0.15) is 19.5 Å². The minimum atomic E-state index is -0.689. The fourth-order valence-corrected chi connectivity index (χ4v) is 6.47. The van der Waals surface area contributed by atoms with Crippen LogP contribution in [-0.2, 0) is 14.3 Å². The molecule has 5 rings (SSSR count). The van der Waals surface area contributed by atoms with Crippen molar-refractivity contribution in [2.45, 2.75) is 31.6 Å². The molecular formula is C33H35BF2N2O3. The van der Waals surface area contributed by atoms with Gasteiger partial charge in [-0.2, -0.15) is 0 Å². The van der Waals surface area contributed by atoms with E-state index in [9.17, 15) is 14.0 Å². The molecule has 8 heteroatoms. The number of amides is 1. The van der Waals surface area contributed by atoms with E-state index in [-0.39, 0.29) is 11.8 Å². The van der Waals surface area contributed by atoms with Crippen molar-refractivity contribution in [2.75, 3.05) is 31.0 Å². The molecule has 41 heavy (non-hydrogen) atoms. The summed E-state index contributed by atoms with van der Waals surface area (Å²) in [6.07, 6.45) is 6.63. The highest BCUT2D eigenvalue weighted by molar-refractivity contribution is 6.18. The maximum atomic E-state index is 15.8. The summed E-state index contributed by atoms with van der Waals surface area (Å²) in [7, 11) is 6.97. The summed E-state index contributed by atoms with van der Waals surface area (Å²) in [5, 5.41) is 0. The van der Waals surface area contributed by atoms with Crippen molar-refractivity contribution in [1.29, 1.82) is 0 Å². The van der Waals surface area contributed by atoms with Crippen molar-refractivity contribution in [1.82, 2.24) is 0 Å². The Morgan fingerprint density at radius 3 is 2.29 bits per heavy atom. The molecule has 212 valence electrons. The maximum absolute atomic E-state index is 15.8. The number of rotatable bonds is 8. The third-order valence-electron chi connectivity index (χ3n) is 8.64. The highest BCUT2D eigenvalue weighted by Gasteiger charge is 2.45. The first-order chi connectivity index (χ1) is 19.6. The molecule has 3 aromatic carbocycles. The van der Waals surface area contributed by atoms with Crippen LogP contribution in [0, 0.1) is 29.4 Å². The molecule has 2 bridgehead atoms. The van der Waals surface area contributed by atoms with Crippen LogP contribution in [0.15, 0.2) is 66.7 Å². The number of methoxy groups -OCH3 is 1. The molecule has 5 nitrogen and oxygen atoms in total. The number of nitrogens with zero attached hydrogens (tertiary/aromatic N) is 2. The normalized spacial score (nSPS) is 20.3. The smallest absolute Gasteiger partial charge is 0.330 e. The quantitative estimate of drug-likeness (QED) is 0.195. The summed E-state index contributed by atoms with van der Waals surface area (Å²) in [5.41, 5.74) is 3.75. The largest absolute Gasteiger partial charge is 0.466 e. The number of benzene rings is 3. The monoisotopic (exact) mass is 556 g/mol. The maximum Gasteiger partial charge on any atom is 0.330 e. The van der Waals surface area contributed by atoms with Crippen molar-refractivity contribution in [2.24, 2.45) is 17.8 Å². The first-order valence-corrected chi connectivity index (χ1v) is 14.1. The lowest BCUT2D eigenvalue weighted by Crippen LogP contribution is -2.41. The van der Waals surface area contributed by atoms with Gasteiger partial charge in [-0.1, -0.05) is 30.7 Å². The van der Waals surface area contributed by atoms with Gasteiger partial charge in [0.2, 0.25) is 5.91 Å². The van der Waals surface area contributed by atoms with Crippen LogP contribution in [0.4, 0.5) is 20.2 Å². The Morgan fingerprint density at radius 1 is 0.951 bits per heavy atom. The lowest BCUT2D eigenvalue weighted by atomic mass is 9.82. The Kier molecular flexibility index (Phi) is 8.29. The molecule has 2 unspecified atom stereocenters. The second kappa shape index (κ2) is 11.9. The molecule has 1 amide bonds. The summed E-state index contributed by atoms with van der Waals surface area (Å²) >= 11 is 0. The molecule has 3 aromatic rings. The van der Waals surface area contributed by atoms with Crippen LogP contribution in [0.5, 0.6) is 0 Å². The summed E-state index contributed by atoms with van der Waals surface area (Å²) in [5.74, 6) is -1.70. The van der Waals surface area contributed by atoms with Gasteiger partial charge in [-0.05, 0) is 90.3 Å². The van der Waals surface area contributed by atoms with Crippen molar-refractivity contribution >= 4 is 37.2 Å². The minimum absolute atomic E-state index is 0.110. The van der Waals surface area contributed by atoms with Crippen molar-refractivity contribution in [3.05, 3.63) is 89.5 Å². The van der Waals surface area contributed by atoms with Gasteiger partial charge in [-0.15, -0.1) is 0 Å². The fourth-order valence-electron chi connectivity index (χ4n) is 6.47. The first kappa shape index (κ1) is 28.6. The molecule has 2 aliphatic carbocycles. The van der Waals surface area contributed by atoms with Gasteiger partial charge < -0.3 is 14.5 Å². The molecule has 0 radical (unpaired) electrons. The van der Waals surface area contributed by atoms with E-state index in [0.717, 1.165) is 42.5 Å². The van der Waals surface area contributed by atoms with E-state index < -0.39 is 23.5 Å². The van der Waals surface area contributed by atoms with Crippen molar-refractivity contribution < 1.29 is 23.1 Å². The van der Waals surface area contributed by atoms with Crippen LogP contribution in [0.3, 0.4) is 0 Å². The van der Waals surface area contributed by atoms with Crippen LogP contribution in [0.1, 0.15) is 42.8 Å². The molecule has 0 spiro atoms. The number of ether oxygens (including phenoxy) is 1. The molecule has 4 atom stereocenters. The Hall–Kier alpha value is -3.94. The van der Waals surface area contributed by atoms with Crippen LogP contribution in [-0.4, -0.2) is 40.9 Å². The topological polar surface area (TPSA) is 49.9 Å². The number of hydrogen-bond donors (Lipinski definition) is 0. The van der Waals surface area contributed by atoms with E-state index in [1.54, 1.807) is 24.9 Å². The molecule has 0 aromatic heterocycles. The van der Waals surface area contributed by atoms with Gasteiger partial charge in [-0.3, -0.25) is 4.79 Å². The van der Waals surface area contributed by atoms with Crippen molar-refractivity contribution in [3.8, 4) is 11.1 Å². The summed E-state index contributed by atoms with van der Waals surface area (Å²) in [4.78, 5) is 29.3.